The first kappa shape index (κ1) is 25.2. The smallest absolute Gasteiger partial charge is 0.269 e. The van der Waals surface area contributed by atoms with Gasteiger partial charge in [0.1, 0.15) is 11.5 Å². The molecule has 190 valence electrons. The van der Waals surface area contributed by atoms with Crippen molar-refractivity contribution in [3.05, 3.63) is 42.5 Å². The SMILES string of the molecule is CC1CN(c2ccc(Nc3ncc(F)c(-c4ccc5c(n4)NC(=O)C(C)(C)O5)n3)cn2)CC(C)O1.N. The predicted octanol–water partition coefficient (Wildman–Crippen LogP) is 3.70. The molecule has 12 heteroatoms. The molecule has 5 N–H and O–H groups in total. The number of fused-ring (bicyclic) bond motifs is 1. The van der Waals surface area contributed by atoms with E-state index in [9.17, 15) is 9.18 Å². The van der Waals surface area contributed by atoms with Gasteiger partial charge in [-0.05, 0) is 52.0 Å². The molecule has 1 fully saturated rings. The summed E-state index contributed by atoms with van der Waals surface area (Å²) < 4.78 is 26.1. The zero-order valence-corrected chi connectivity index (χ0v) is 20.6. The van der Waals surface area contributed by atoms with Crippen LogP contribution in [0.25, 0.3) is 11.4 Å². The van der Waals surface area contributed by atoms with Gasteiger partial charge in [0, 0.05) is 13.1 Å². The number of carbonyl (C=O) groups is 1. The molecule has 0 radical (unpaired) electrons. The number of ether oxygens (including phenoxy) is 2. The van der Waals surface area contributed by atoms with E-state index in [1.165, 1.54) is 0 Å². The van der Waals surface area contributed by atoms with Crippen molar-refractivity contribution < 1.29 is 18.7 Å². The molecule has 0 saturated carbocycles. The van der Waals surface area contributed by atoms with Crippen LogP contribution in [0.1, 0.15) is 27.7 Å². The van der Waals surface area contributed by atoms with Gasteiger partial charge in [0.15, 0.2) is 23.0 Å². The lowest BCUT2D eigenvalue weighted by atomic mass is 10.1. The van der Waals surface area contributed by atoms with Gasteiger partial charge >= 0.3 is 0 Å². The molecule has 5 rings (SSSR count). The van der Waals surface area contributed by atoms with Crippen LogP contribution in [-0.2, 0) is 9.53 Å². The second-order valence-electron chi connectivity index (χ2n) is 9.19. The Morgan fingerprint density at radius 2 is 1.83 bits per heavy atom. The third-order valence-electron chi connectivity index (χ3n) is 5.74. The number of nitrogens with zero attached hydrogens (tertiary/aromatic N) is 5. The van der Waals surface area contributed by atoms with Crippen LogP contribution in [0.5, 0.6) is 5.75 Å². The van der Waals surface area contributed by atoms with Gasteiger partial charge in [0.25, 0.3) is 5.91 Å². The van der Waals surface area contributed by atoms with Crippen LogP contribution in [0, 0.1) is 5.82 Å². The number of carbonyl (C=O) groups excluding carboxylic acids is 1. The van der Waals surface area contributed by atoms with Crippen molar-refractivity contribution in [2.24, 2.45) is 0 Å². The quantitative estimate of drug-likeness (QED) is 0.488. The van der Waals surface area contributed by atoms with Crippen molar-refractivity contribution in [2.75, 3.05) is 28.6 Å². The number of rotatable bonds is 4. The Morgan fingerprint density at radius 1 is 1.08 bits per heavy atom. The maximum absolute atomic E-state index is 14.6. The molecule has 0 aromatic carbocycles. The van der Waals surface area contributed by atoms with Crippen LogP contribution >= 0.6 is 0 Å². The normalized spacial score (nSPS) is 20.5. The van der Waals surface area contributed by atoms with Crippen LogP contribution in [-0.4, -0.2) is 56.7 Å². The average molecular weight is 497 g/mol. The molecular weight excluding hydrogens is 467 g/mol. The molecule has 2 atom stereocenters. The first-order valence-electron chi connectivity index (χ1n) is 11.4. The minimum absolute atomic E-state index is 0. The monoisotopic (exact) mass is 496 g/mol. The number of hydrogen-bond acceptors (Lipinski definition) is 10. The molecule has 2 unspecified atom stereocenters. The van der Waals surface area contributed by atoms with Crippen LogP contribution < -0.4 is 26.4 Å². The van der Waals surface area contributed by atoms with Crippen molar-refractivity contribution in [1.29, 1.82) is 0 Å². The highest BCUT2D eigenvalue weighted by Crippen LogP contribution is 2.34. The van der Waals surface area contributed by atoms with Gasteiger partial charge in [-0.25, -0.2) is 24.3 Å². The van der Waals surface area contributed by atoms with E-state index in [-0.39, 0.29) is 47.4 Å². The maximum Gasteiger partial charge on any atom is 0.269 e. The Bertz CT molecular complexity index is 1260. The lowest BCUT2D eigenvalue weighted by Crippen LogP contribution is -2.46. The Hall–Kier alpha value is -3.90. The zero-order chi connectivity index (χ0) is 24.7. The lowest BCUT2D eigenvalue weighted by Gasteiger charge is -2.36. The van der Waals surface area contributed by atoms with Crippen LogP contribution in [0.4, 0.5) is 27.7 Å². The molecule has 2 aliphatic heterocycles. The molecule has 11 nitrogen and oxygen atoms in total. The Kier molecular flexibility index (Phi) is 6.74. The first-order valence-corrected chi connectivity index (χ1v) is 11.4. The topological polar surface area (TPSA) is 149 Å². The van der Waals surface area contributed by atoms with Gasteiger partial charge in [-0.15, -0.1) is 0 Å². The third-order valence-corrected chi connectivity index (χ3v) is 5.74. The molecule has 0 aliphatic carbocycles. The summed E-state index contributed by atoms with van der Waals surface area (Å²) in [6, 6.07) is 6.99. The average Bonchev–Trinajstić information content (AvgIpc) is 2.80. The standard InChI is InChI=1S/C24H26FN7O3.H3N/c1-13-11-32(12-14(2)34-13)19-8-5-15(9-26-19)28-23-27-10-16(25)20(30-23)17-6-7-18-21(29-17)31-22(33)24(3,4)35-18;/h5-10,13-14H,11-12H2,1-4H3,(H,27,28,30)(H,29,31,33);1H3. The summed E-state index contributed by atoms with van der Waals surface area (Å²) in [7, 11) is 0. The number of anilines is 4. The molecular formula is C24H29FN8O3. The van der Waals surface area contributed by atoms with E-state index in [0.29, 0.717) is 11.4 Å². The van der Waals surface area contributed by atoms with Gasteiger partial charge in [-0.2, -0.15) is 0 Å². The highest BCUT2D eigenvalue weighted by molar-refractivity contribution is 5.99. The molecule has 2 aliphatic rings. The van der Waals surface area contributed by atoms with Gasteiger partial charge in [-0.3, -0.25) is 4.79 Å². The van der Waals surface area contributed by atoms with Gasteiger partial charge in [-0.1, -0.05) is 0 Å². The number of morpholine rings is 1. The fourth-order valence-electron chi connectivity index (χ4n) is 4.08. The lowest BCUT2D eigenvalue weighted by molar-refractivity contribution is -0.129. The van der Waals surface area contributed by atoms with E-state index < -0.39 is 11.4 Å². The number of hydrogen-bond donors (Lipinski definition) is 3. The molecule has 1 saturated heterocycles. The second kappa shape index (κ2) is 9.63. The molecule has 3 aromatic rings. The Balaban J connectivity index is 0.00000304. The summed E-state index contributed by atoms with van der Waals surface area (Å²) >= 11 is 0. The van der Waals surface area contributed by atoms with E-state index >= 15 is 0 Å². The van der Waals surface area contributed by atoms with Crippen LogP contribution in [0.15, 0.2) is 36.7 Å². The maximum atomic E-state index is 14.6. The Labute approximate surface area is 208 Å². The van der Waals surface area contributed by atoms with Crippen LogP contribution in [0.2, 0.25) is 0 Å². The van der Waals surface area contributed by atoms with E-state index in [4.69, 9.17) is 9.47 Å². The highest BCUT2D eigenvalue weighted by Gasteiger charge is 2.36. The molecule has 5 heterocycles. The summed E-state index contributed by atoms with van der Waals surface area (Å²) in [4.78, 5) is 31.6. The Morgan fingerprint density at radius 3 is 2.53 bits per heavy atom. The zero-order valence-electron chi connectivity index (χ0n) is 20.6. The first-order chi connectivity index (χ1) is 16.7. The fourth-order valence-corrected chi connectivity index (χ4v) is 4.08. The molecule has 0 spiro atoms. The third kappa shape index (κ3) is 5.04. The van der Waals surface area contributed by atoms with Crippen LogP contribution in [0.3, 0.4) is 0 Å². The summed E-state index contributed by atoms with van der Waals surface area (Å²) in [5, 5.41) is 5.75. The minimum Gasteiger partial charge on any atom is -0.474 e. The largest absolute Gasteiger partial charge is 0.474 e. The molecule has 1 amide bonds. The summed E-state index contributed by atoms with van der Waals surface area (Å²) in [6.07, 6.45) is 3.02. The minimum atomic E-state index is -1.02. The van der Waals surface area contributed by atoms with Crippen molar-refractivity contribution >= 4 is 29.2 Å². The highest BCUT2D eigenvalue weighted by atomic mass is 19.1. The van der Waals surface area contributed by atoms with E-state index in [1.54, 1.807) is 32.2 Å². The molecule has 3 aromatic heterocycles. The molecule has 36 heavy (non-hydrogen) atoms. The number of nitrogens with one attached hydrogen (secondary N) is 2. The number of pyridine rings is 2. The van der Waals surface area contributed by atoms with Crippen molar-refractivity contribution in [3.8, 4) is 17.1 Å². The summed E-state index contributed by atoms with van der Waals surface area (Å²) in [6.45, 7) is 8.94. The van der Waals surface area contributed by atoms with Gasteiger partial charge < -0.3 is 31.2 Å². The number of halogens is 1. The van der Waals surface area contributed by atoms with E-state index in [1.807, 2.05) is 26.0 Å². The summed E-state index contributed by atoms with van der Waals surface area (Å²) in [5.41, 5.74) is -0.137. The van der Waals surface area contributed by atoms with E-state index in [2.05, 4.69) is 35.5 Å². The summed E-state index contributed by atoms with van der Waals surface area (Å²) in [5.74, 6) is 0.675. The predicted molar refractivity (Wildman–Crippen MR) is 133 cm³/mol. The molecule has 0 bridgehead atoms. The van der Waals surface area contributed by atoms with Gasteiger partial charge in [0.05, 0.1) is 36.0 Å². The number of amides is 1. The number of aromatic nitrogens is 4. The fraction of sp³-hybridized carbons (Fsp3) is 0.375. The van der Waals surface area contributed by atoms with Crippen molar-refractivity contribution in [1.82, 2.24) is 26.1 Å². The second-order valence-corrected chi connectivity index (χ2v) is 9.19. The van der Waals surface area contributed by atoms with Gasteiger partial charge in [0.2, 0.25) is 5.95 Å². The van der Waals surface area contributed by atoms with Crippen molar-refractivity contribution in [3.63, 3.8) is 0 Å². The van der Waals surface area contributed by atoms with E-state index in [0.717, 1.165) is 25.1 Å². The van der Waals surface area contributed by atoms with Crippen molar-refractivity contribution in [2.45, 2.75) is 45.5 Å².